The highest BCUT2D eigenvalue weighted by Gasteiger charge is 2.36. The lowest BCUT2D eigenvalue weighted by atomic mass is 9.81. The number of benzene rings is 9. The molecule has 9 aromatic carbocycles. The monoisotopic (exact) mass is 739 g/mol. The Labute approximate surface area is 336 Å². The molecule has 0 atom stereocenters. The van der Waals surface area contributed by atoms with Crippen molar-refractivity contribution in [3.05, 3.63) is 199 Å². The fourth-order valence-electron chi connectivity index (χ4n) is 9.81. The molecule has 3 heteroatoms. The fourth-order valence-corrected chi connectivity index (χ4v) is 9.81. The molecule has 58 heavy (non-hydrogen) atoms. The van der Waals surface area contributed by atoms with Crippen molar-refractivity contribution in [3.63, 3.8) is 0 Å². The third kappa shape index (κ3) is 4.80. The van der Waals surface area contributed by atoms with Crippen LogP contribution in [-0.4, -0.2) is 14.5 Å². The molecule has 272 valence electrons. The van der Waals surface area contributed by atoms with E-state index in [9.17, 15) is 0 Å². The number of para-hydroxylation sites is 2. The number of rotatable bonds is 4. The Morgan fingerprint density at radius 2 is 0.828 bits per heavy atom. The molecule has 0 aliphatic heterocycles. The fraction of sp³-hybridized carbons (Fsp3) is 0.0545. The van der Waals surface area contributed by atoms with Gasteiger partial charge in [0.05, 0.1) is 22.1 Å². The van der Waals surface area contributed by atoms with E-state index in [0.717, 1.165) is 27.4 Å². The zero-order chi connectivity index (χ0) is 38.5. The first-order valence-electron chi connectivity index (χ1n) is 20.1. The lowest BCUT2D eigenvalue weighted by Gasteiger charge is -2.23. The van der Waals surface area contributed by atoms with Crippen LogP contribution in [0, 0.1) is 0 Å². The summed E-state index contributed by atoms with van der Waals surface area (Å²) in [6.45, 7) is 4.76. The Morgan fingerprint density at radius 1 is 0.362 bits per heavy atom. The van der Waals surface area contributed by atoms with Crippen molar-refractivity contribution in [2.45, 2.75) is 19.3 Å². The van der Waals surface area contributed by atoms with E-state index >= 15 is 0 Å². The average Bonchev–Trinajstić information content (AvgIpc) is 3.74. The minimum absolute atomic E-state index is 0.162. The summed E-state index contributed by atoms with van der Waals surface area (Å²) in [5.74, 6) is 0. The molecule has 1 aliphatic rings. The van der Waals surface area contributed by atoms with E-state index in [4.69, 9.17) is 9.97 Å². The van der Waals surface area contributed by atoms with Crippen LogP contribution in [-0.2, 0) is 5.41 Å². The van der Waals surface area contributed by atoms with E-state index < -0.39 is 0 Å². The maximum absolute atomic E-state index is 4.81. The zero-order valence-corrected chi connectivity index (χ0v) is 32.2. The van der Waals surface area contributed by atoms with Gasteiger partial charge in [-0.05, 0) is 115 Å². The molecule has 0 saturated heterocycles. The van der Waals surface area contributed by atoms with Gasteiger partial charge in [-0.25, -0.2) is 0 Å². The second-order valence-corrected chi connectivity index (χ2v) is 16.2. The van der Waals surface area contributed by atoms with Crippen LogP contribution in [0.1, 0.15) is 25.0 Å². The molecule has 0 bridgehead atoms. The third-order valence-electron chi connectivity index (χ3n) is 12.7. The summed E-state index contributed by atoms with van der Waals surface area (Å²) in [7, 11) is 0. The average molecular weight is 740 g/mol. The van der Waals surface area contributed by atoms with Crippen LogP contribution >= 0.6 is 0 Å². The molecule has 0 fully saturated rings. The summed E-state index contributed by atoms with van der Waals surface area (Å²) >= 11 is 0. The first kappa shape index (κ1) is 32.8. The molecule has 2 aromatic heterocycles. The summed E-state index contributed by atoms with van der Waals surface area (Å²) in [5, 5.41) is 7.22. The summed E-state index contributed by atoms with van der Waals surface area (Å²) < 4.78 is 2.42. The van der Waals surface area contributed by atoms with Crippen LogP contribution in [0.2, 0.25) is 0 Å². The van der Waals surface area contributed by atoms with Gasteiger partial charge >= 0.3 is 0 Å². The SMILES string of the molecule is CC1(C)c2cc(-c3cccc(-c4cccc(-c5ccc6c7ccccc7c7nccnc7c6c5)c4)c3)ccc2-c2ccc(-n3c4ccccc4c4ccccc43)cc21. The van der Waals surface area contributed by atoms with E-state index in [1.807, 2.05) is 0 Å². The molecule has 0 spiro atoms. The van der Waals surface area contributed by atoms with Crippen LogP contribution in [0.25, 0.3) is 105 Å². The Hall–Kier alpha value is -7.36. The highest BCUT2D eigenvalue weighted by atomic mass is 15.0. The molecule has 0 N–H and O–H groups in total. The summed E-state index contributed by atoms with van der Waals surface area (Å²) in [6, 6.07) is 64.8. The second-order valence-electron chi connectivity index (χ2n) is 16.2. The molecule has 2 heterocycles. The van der Waals surface area contributed by atoms with Gasteiger partial charge in [0.2, 0.25) is 0 Å². The molecule has 0 radical (unpaired) electrons. The van der Waals surface area contributed by atoms with Crippen molar-refractivity contribution in [1.82, 2.24) is 14.5 Å². The molecule has 0 saturated carbocycles. The highest BCUT2D eigenvalue weighted by molar-refractivity contribution is 6.23. The number of hydrogen-bond donors (Lipinski definition) is 0. The van der Waals surface area contributed by atoms with Crippen molar-refractivity contribution in [2.75, 3.05) is 0 Å². The highest BCUT2D eigenvalue weighted by Crippen LogP contribution is 2.51. The predicted molar refractivity (Wildman–Crippen MR) is 243 cm³/mol. The van der Waals surface area contributed by atoms with Gasteiger partial charge in [-0.3, -0.25) is 9.97 Å². The first-order chi connectivity index (χ1) is 28.5. The number of aromatic nitrogens is 3. The van der Waals surface area contributed by atoms with Crippen LogP contribution in [0.3, 0.4) is 0 Å². The summed E-state index contributed by atoms with van der Waals surface area (Å²) in [4.78, 5) is 9.56. The second kappa shape index (κ2) is 12.3. The number of nitrogens with zero attached hydrogens (tertiary/aromatic N) is 3. The van der Waals surface area contributed by atoms with Crippen LogP contribution < -0.4 is 0 Å². The number of fused-ring (bicyclic) bond motifs is 12. The molecular weight excluding hydrogens is 703 g/mol. The Morgan fingerprint density at radius 3 is 1.47 bits per heavy atom. The molecule has 12 rings (SSSR count). The Bertz CT molecular complexity index is 3410. The minimum atomic E-state index is -0.162. The molecule has 11 aromatic rings. The maximum Gasteiger partial charge on any atom is 0.0971 e. The standard InChI is InChI=1S/C55H37N3/c1-55(2)49-32-39(22-25-43(49)44-26-23-40(33-50(44)55)58-51-19-7-5-16-45(51)46-17-6-8-20-52(46)58)37-14-10-12-35(30-37)34-11-9-13-36(29-34)38-21-24-42-41-15-3-4-18-47(41)53-54(48(42)31-38)57-28-27-56-53/h3-33H,1-2H3. The zero-order valence-electron chi connectivity index (χ0n) is 32.2. The van der Waals surface area contributed by atoms with E-state index in [1.165, 1.54) is 88.3 Å². The van der Waals surface area contributed by atoms with Crippen LogP contribution in [0.15, 0.2) is 188 Å². The Balaban J connectivity index is 0.903. The molecule has 1 aliphatic carbocycles. The van der Waals surface area contributed by atoms with Crippen molar-refractivity contribution >= 4 is 54.4 Å². The van der Waals surface area contributed by atoms with Crippen molar-refractivity contribution in [1.29, 1.82) is 0 Å². The lowest BCUT2D eigenvalue weighted by Crippen LogP contribution is -2.15. The van der Waals surface area contributed by atoms with Gasteiger partial charge in [-0.1, -0.05) is 141 Å². The van der Waals surface area contributed by atoms with E-state index in [1.54, 1.807) is 12.4 Å². The summed E-state index contributed by atoms with van der Waals surface area (Å²) in [5.41, 5.74) is 17.9. The topological polar surface area (TPSA) is 30.7 Å². The van der Waals surface area contributed by atoms with Gasteiger partial charge in [0.25, 0.3) is 0 Å². The third-order valence-corrected chi connectivity index (χ3v) is 12.7. The van der Waals surface area contributed by atoms with Gasteiger partial charge in [0.15, 0.2) is 0 Å². The predicted octanol–water partition coefficient (Wildman–Crippen LogP) is 14.3. The van der Waals surface area contributed by atoms with Crippen molar-refractivity contribution in [2.24, 2.45) is 0 Å². The summed E-state index contributed by atoms with van der Waals surface area (Å²) in [6.07, 6.45) is 3.58. The minimum Gasteiger partial charge on any atom is -0.309 e. The van der Waals surface area contributed by atoms with E-state index in [0.29, 0.717) is 0 Å². The molecule has 0 amide bonds. The van der Waals surface area contributed by atoms with Gasteiger partial charge in [-0.2, -0.15) is 0 Å². The van der Waals surface area contributed by atoms with Crippen molar-refractivity contribution in [3.8, 4) is 50.2 Å². The van der Waals surface area contributed by atoms with E-state index in [-0.39, 0.29) is 5.41 Å². The Kier molecular flexibility index (Phi) is 6.98. The lowest BCUT2D eigenvalue weighted by molar-refractivity contribution is 0.660. The normalized spacial score (nSPS) is 13.1. The molecular formula is C55H37N3. The molecule has 0 unspecified atom stereocenters. The van der Waals surface area contributed by atoms with Gasteiger partial charge in [0.1, 0.15) is 0 Å². The quantitative estimate of drug-likeness (QED) is 0.168. The smallest absolute Gasteiger partial charge is 0.0971 e. The first-order valence-corrected chi connectivity index (χ1v) is 20.1. The van der Waals surface area contributed by atoms with Gasteiger partial charge in [0, 0.05) is 45.0 Å². The van der Waals surface area contributed by atoms with Gasteiger partial charge in [-0.15, -0.1) is 0 Å². The van der Waals surface area contributed by atoms with Crippen LogP contribution in [0.5, 0.6) is 0 Å². The maximum atomic E-state index is 4.81. The van der Waals surface area contributed by atoms with E-state index in [2.05, 4.69) is 194 Å². The molecule has 3 nitrogen and oxygen atoms in total. The van der Waals surface area contributed by atoms with Crippen LogP contribution in [0.4, 0.5) is 0 Å². The number of hydrogen-bond acceptors (Lipinski definition) is 2. The van der Waals surface area contributed by atoms with Gasteiger partial charge < -0.3 is 4.57 Å². The van der Waals surface area contributed by atoms with Crippen molar-refractivity contribution < 1.29 is 0 Å². The largest absolute Gasteiger partial charge is 0.309 e.